The summed E-state index contributed by atoms with van der Waals surface area (Å²) in [4.78, 5) is 35.7. The standard InChI is InChI=1S/C63H116NO8P/c1-6-8-10-12-14-16-18-20-22-24-26-27-28-29-30-31-32-33-34-35-36-38-39-41-43-45-47-49-51-53-55-62(65)69-59-61(60-71-73(67,68)70-58-57-64(3,4)5)72-63(66)56-54-52-50-48-46-44-42-40-37-25-23-21-19-17-15-13-11-9-7-2/h9,11,15,17,21,23,37,40,44,46,61H,6-8,10,12-14,16,18-20,22,24-36,38-39,41-43,45,47-60H2,1-5H3/p+1/b11-9-,17-15-,23-21-,40-37-,46-44-. The molecule has 1 N–H and O–H groups in total. The molecule has 0 aliphatic heterocycles. The van der Waals surface area contributed by atoms with Crippen molar-refractivity contribution < 1.29 is 42.1 Å². The fourth-order valence-corrected chi connectivity index (χ4v) is 9.37. The van der Waals surface area contributed by atoms with Gasteiger partial charge in [-0.3, -0.25) is 18.6 Å². The van der Waals surface area contributed by atoms with Crippen LogP contribution in [-0.2, 0) is 32.7 Å². The minimum absolute atomic E-state index is 0.0238. The zero-order chi connectivity index (χ0) is 53.5. The molecule has 426 valence electrons. The van der Waals surface area contributed by atoms with Crippen LogP contribution in [0.15, 0.2) is 60.8 Å². The van der Waals surface area contributed by atoms with Crippen molar-refractivity contribution in [3.05, 3.63) is 60.8 Å². The van der Waals surface area contributed by atoms with Gasteiger partial charge in [-0.05, 0) is 57.8 Å². The van der Waals surface area contributed by atoms with E-state index in [1.165, 1.54) is 173 Å². The number of likely N-dealkylation sites (N-methyl/N-ethyl adjacent to an activating group) is 1. The number of phosphoric ester groups is 1. The maximum atomic E-state index is 12.8. The lowest BCUT2D eigenvalue weighted by Crippen LogP contribution is -2.37. The molecule has 0 fully saturated rings. The summed E-state index contributed by atoms with van der Waals surface area (Å²) in [6.07, 6.45) is 70.3. The Morgan fingerprint density at radius 1 is 0.438 bits per heavy atom. The summed E-state index contributed by atoms with van der Waals surface area (Å²) in [6.45, 7) is 4.31. The van der Waals surface area contributed by atoms with Gasteiger partial charge in [-0.25, -0.2) is 4.57 Å². The Balaban J connectivity index is 4.08. The van der Waals surface area contributed by atoms with Crippen LogP contribution in [0, 0.1) is 0 Å². The lowest BCUT2D eigenvalue weighted by molar-refractivity contribution is -0.870. The second kappa shape index (κ2) is 54.5. The van der Waals surface area contributed by atoms with Crippen LogP contribution in [0.1, 0.15) is 277 Å². The number of rotatable bonds is 56. The van der Waals surface area contributed by atoms with E-state index >= 15 is 0 Å². The van der Waals surface area contributed by atoms with Crippen molar-refractivity contribution in [3.8, 4) is 0 Å². The van der Waals surface area contributed by atoms with Crippen LogP contribution >= 0.6 is 7.82 Å². The maximum Gasteiger partial charge on any atom is 0.472 e. The highest BCUT2D eigenvalue weighted by Gasteiger charge is 2.27. The van der Waals surface area contributed by atoms with E-state index in [-0.39, 0.29) is 32.0 Å². The van der Waals surface area contributed by atoms with Gasteiger partial charge in [0.15, 0.2) is 6.10 Å². The molecule has 0 bridgehead atoms. The lowest BCUT2D eigenvalue weighted by atomic mass is 10.0. The van der Waals surface area contributed by atoms with E-state index < -0.39 is 26.5 Å². The molecular weight excluding hydrogens is 930 g/mol. The molecule has 0 saturated heterocycles. The molecule has 0 radical (unpaired) electrons. The van der Waals surface area contributed by atoms with Gasteiger partial charge >= 0.3 is 19.8 Å². The molecule has 9 nitrogen and oxygen atoms in total. The Kier molecular flexibility index (Phi) is 52.8. The number of carbonyl (C=O) groups is 2. The Morgan fingerprint density at radius 3 is 1.16 bits per heavy atom. The molecule has 0 saturated carbocycles. The second-order valence-electron chi connectivity index (χ2n) is 21.7. The molecular formula is C63H117NO8P+. The largest absolute Gasteiger partial charge is 0.472 e. The van der Waals surface area contributed by atoms with Crippen LogP contribution in [0.3, 0.4) is 0 Å². The normalized spacial score (nSPS) is 13.7. The van der Waals surface area contributed by atoms with Gasteiger partial charge in [-0.1, -0.05) is 267 Å². The van der Waals surface area contributed by atoms with Crippen LogP contribution < -0.4 is 0 Å². The second-order valence-corrected chi connectivity index (χ2v) is 23.2. The number of nitrogens with zero attached hydrogens (tertiary/aromatic N) is 1. The summed E-state index contributed by atoms with van der Waals surface area (Å²) in [6, 6.07) is 0. The molecule has 0 aromatic rings. The van der Waals surface area contributed by atoms with Crippen LogP contribution in [0.5, 0.6) is 0 Å². The molecule has 2 atom stereocenters. The van der Waals surface area contributed by atoms with Gasteiger partial charge in [0, 0.05) is 12.8 Å². The monoisotopic (exact) mass is 1050 g/mol. The molecule has 0 aromatic carbocycles. The quantitative estimate of drug-likeness (QED) is 0.0211. The maximum absolute atomic E-state index is 12.8. The Hall–Kier alpha value is -2.29. The van der Waals surface area contributed by atoms with Crippen molar-refractivity contribution in [3.63, 3.8) is 0 Å². The van der Waals surface area contributed by atoms with Gasteiger partial charge in [0.25, 0.3) is 0 Å². The zero-order valence-corrected chi connectivity index (χ0v) is 49.3. The van der Waals surface area contributed by atoms with Crippen LogP contribution in [-0.4, -0.2) is 74.9 Å². The first-order chi connectivity index (χ1) is 35.5. The van der Waals surface area contributed by atoms with Gasteiger partial charge in [0.05, 0.1) is 27.7 Å². The van der Waals surface area contributed by atoms with E-state index in [0.29, 0.717) is 17.4 Å². The lowest BCUT2D eigenvalue weighted by Gasteiger charge is -2.24. The minimum atomic E-state index is -4.40. The summed E-state index contributed by atoms with van der Waals surface area (Å²) in [5, 5.41) is 0. The molecule has 0 amide bonds. The number of hydrogen-bond donors (Lipinski definition) is 1. The third-order valence-electron chi connectivity index (χ3n) is 13.3. The molecule has 0 heterocycles. The van der Waals surface area contributed by atoms with Gasteiger partial charge in [-0.15, -0.1) is 0 Å². The average Bonchev–Trinajstić information content (AvgIpc) is 3.35. The topological polar surface area (TPSA) is 108 Å². The van der Waals surface area contributed by atoms with E-state index in [9.17, 15) is 19.0 Å². The Bertz CT molecular complexity index is 1420. The summed E-state index contributed by atoms with van der Waals surface area (Å²) >= 11 is 0. The molecule has 0 rings (SSSR count). The van der Waals surface area contributed by atoms with Gasteiger partial charge in [0.2, 0.25) is 0 Å². The van der Waals surface area contributed by atoms with Gasteiger partial charge < -0.3 is 18.9 Å². The fourth-order valence-electron chi connectivity index (χ4n) is 8.63. The number of hydrogen-bond acceptors (Lipinski definition) is 7. The fraction of sp³-hybridized carbons (Fsp3) is 0.810. The van der Waals surface area contributed by atoms with E-state index in [0.717, 1.165) is 70.6 Å². The van der Waals surface area contributed by atoms with Gasteiger partial charge in [-0.2, -0.15) is 0 Å². The van der Waals surface area contributed by atoms with Gasteiger partial charge in [0.1, 0.15) is 19.8 Å². The minimum Gasteiger partial charge on any atom is -0.462 e. The van der Waals surface area contributed by atoms with Crippen LogP contribution in [0.25, 0.3) is 0 Å². The first-order valence-corrected chi connectivity index (χ1v) is 32.0. The van der Waals surface area contributed by atoms with E-state index in [1.807, 2.05) is 21.1 Å². The summed E-state index contributed by atoms with van der Waals surface area (Å²) in [5.74, 6) is -0.827. The van der Waals surface area contributed by atoms with E-state index in [4.69, 9.17) is 18.5 Å². The summed E-state index contributed by atoms with van der Waals surface area (Å²) in [5.41, 5.74) is 0. The van der Waals surface area contributed by atoms with Crippen molar-refractivity contribution in [2.24, 2.45) is 0 Å². The number of quaternary nitrogens is 1. The summed E-state index contributed by atoms with van der Waals surface area (Å²) < 4.78 is 34.5. The first-order valence-electron chi connectivity index (χ1n) is 30.5. The van der Waals surface area contributed by atoms with E-state index in [2.05, 4.69) is 74.6 Å². The number of allylic oxidation sites excluding steroid dienone is 10. The van der Waals surface area contributed by atoms with Crippen molar-refractivity contribution >= 4 is 19.8 Å². The molecule has 10 heteroatoms. The third kappa shape index (κ3) is 58.8. The van der Waals surface area contributed by atoms with Crippen molar-refractivity contribution in [2.45, 2.75) is 283 Å². The smallest absolute Gasteiger partial charge is 0.462 e. The van der Waals surface area contributed by atoms with E-state index in [1.54, 1.807) is 0 Å². The first kappa shape index (κ1) is 70.7. The van der Waals surface area contributed by atoms with Crippen molar-refractivity contribution in [1.29, 1.82) is 0 Å². The summed E-state index contributed by atoms with van der Waals surface area (Å²) in [7, 11) is 1.46. The number of phosphoric acid groups is 1. The zero-order valence-electron chi connectivity index (χ0n) is 48.4. The SMILES string of the molecule is CC/C=C\C/C=C\C/C=C\C/C=C\C/C=C\CCCCCC(=O)OC(COC(=O)CCCCCCCCCCCCCCCCCCCCCCCCCCCCCCCC)COP(=O)(O)OCC[N+](C)(C)C. The highest BCUT2D eigenvalue weighted by molar-refractivity contribution is 7.47. The molecule has 0 aliphatic rings. The molecule has 73 heavy (non-hydrogen) atoms. The Morgan fingerprint density at radius 2 is 0.781 bits per heavy atom. The molecule has 0 aromatic heterocycles. The van der Waals surface area contributed by atoms with Crippen molar-refractivity contribution in [2.75, 3.05) is 47.5 Å². The highest BCUT2D eigenvalue weighted by atomic mass is 31.2. The molecule has 0 spiro atoms. The van der Waals surface area contributed by atoms with Crippen LogP contribution in [0.4, 0.5) is 0 Å². The van der Waals surface area contributed by atoms with Crippen molar-refractivity contribution in [1.82, 2.24) is 0 Å². The number of unbranched alkanes of at least 4 members (excludes halogenated alkanes) is 32. The highest BCUT2D eigenvalue weighted by Crippen LogP contribution is 2.43. The van der Waals surface area contributed by atoms with Crippen LogP contribution in [0.2, 0.25) is 0 Å². The number of esters is 2. The average molecular weight is 1050 g/mol. The predicted molar refractivity (Wildman–Crippen MR) is 312 cm³/mol. The molecule has 0 aliphatic carbocycles. The molecule has 2 unspecified atom stereocenters. The third-order valence-corrected chi connectivity index (χ3v) is 14.3. The number of carbonyl (C=O) groups excluding carboxylic acids is 2. The number of ether oxygens (including phenoxy) is 2. The predicted octanol–water partition coefficient (Wildman–Crippen LogP) is 19.1. The Labute approximate surface area is 451 Å².